The fourth-order valence-electron chi connectivity index (χ4n) is 2.98. The van der Waals surface area contributed by atoms with Crippen LogP contribution in [0.25, 0.3) is 11.1 Å². The minimum atomic E-state index is -0.450. The molecule has 3 rings (SSSR count). The maximum atomic E-state index is 14.5. The van der Waals surface area contributed by atoms with Gasteiger partial charge in [-0.3, -0.25) is 9.59 Å². The topological polar surface area (TPSA) is 84.2 Å². The minimum Gasteiger partial charge on any atom is -0.398 e. The van der Waals surface area contributed by atoms with Crippen molar-refractivity contribution >= 4 is 17.5 Å². The van der Waals surface area contributed by atoms with Gasteiger partial charge in [0, 0.05) is 23.8 Å². The molecular formula is C23H28FN3O2. The van der Waals surface area contributed by atoms with Crippen molar-refractivity contribution in [2.45, 2.75) is 46.6 Å². The molecule has 29 heavy (non-hydrogen) atoms. The molecule has 1 saturated carbocycles. The molecule has 0 saturated heterocycles. The van der Waals surface area contributed by atoms with Crippen LogP contribution in [0.1, 0.15) is 59.9 Å². The summed E-state index contributed by atoms with van der Waals surface area (Å²) < 4.78 is 14.5. The van der Waals surface area contributed by atoms with Gasteiger partial charge < -0.3 is 16.4 Å². The molecule has 0 spiro atoms. The Labute approximate surface area is 170 Å². The Morgan fingerprint density at radius 3 is 2.41 bits per heavy atom. The second kappa shape index (κ2) is 7.85. The van der Waals surface area contributed by atoms with Crippen molar-refractivity contribution in [3.8, 4) is 11.1 Å². The highest BCUT2D eigenvalue weighted by atomic mass is 19.1. The number of hydrogen-bond donors (Lipinski definition) is 3. The van der Waals surface area contributed by atoms with E-state index >= 15 is 0 Å². The third-order valence-electron chi connectivity index (χ3n) is 4.91. The van der Waals surface area contributed by atoms with Gasteiger partial charge in [-0.15, -0.1) is 0 Å². The lowest BCUT2D eigenvalue weighted by atomic mass is 9.95. The van der Waals surface area contributed by atoms with E-state index in [0.29, 0.717) is 34.5 Å². The Morgan fingerprint density at radius 1 is 1.14 bits per heavy atom. The molecule has 5 nitrogen and oxygen atoms in total. The predicted octanol–water partition coefficient (Wildman–Crippen LogP) is 4.05. The van der Waals surface area contributed by atoms with Crippen LogP contribution < -0.4 is 16.4 Å². The fraction of sp³-hybridized carbons (Fsp3) is 0.391. The Hall–Kier alpha value is -2.89. The Bertz CT molecular complexity index is 959. The number of carbonyl (C=O) groups excluding carboxylic acids is 2. The summed E-state index contributed by atoms with van der Waals surface area (Å²) in [5.41, 5.74) is 8.71. The summed E-state index contributed by atoms with van der Waals surface area (Å²) in [6, 6.07) is 8.13. The summed E-state index contributed by atoms with van der Waals surface area (Å²) >= 11 is 0. The zero-order valence-electron chi connectivity index (χ0n) is 17.4. The summed E-state index contributed by atoms with van der Waals surface area (Å²) in [5, 5.41) is 5.75. The van der Waals surface area contributed by atoms with Crippen LogP contribution in [0.4, 0.5) is 10.1 Å². The normalized spacial score (nSPS) is 13.8. The molecule has 6 heteroatoms. The van der Waals surface area contributed by atoms with Crippen LogP contribution in [-0.4, -0.2) is 24.4 Å². The van der Waals surface area contributed by atoms with E-state index in [1.54, 1.807) is 31.2 Å². The highest BCUT2D eigenvalue weighted by Gasteiger charge is 2.25. The quantitative estimate of drug-likeness (QED) is 0.666. The summed E-state index contributed by atoms with van der Waals surface area (Å²) in [5.74, 6) is -0.975. The zero-order valence-corrected chi connectivity index (χ0v) is 17.4. The highest BCUT2D eigenvalue weighted by molar-refractivity contribution is 6.00. The number of nitrogens with two attached hydrogens (primary N) is 1. The third-order valence-corrected chi connectivity index (χ3v) is 4.91. The Morgan fingerprint density at radius 2 is 1.83 bits per heavy atom. The average molecular weight is 397 g/mol. The van der Waals surface area contributed by atoms with Gasteiger partial charge in [0.1, 0.15) is 5.82 Å². The molecule has 1 fully saturated rings. The molecule has 0 bridgehead atoms. The van der Waals surface area contributed by atoms with Crippen molar-refractivity contribution in [3.63, 3.8) is 0 Å². The van der Waals surface area contributed by atoms with Gasteiger partial charge in [-0.1, -0.05) is 26.8 Å². The molecule has 2 amide bonds. The van der Waals surface area contributed by atoms with Crippen molar-refractivity contribution in [2.75, 3.05) is 12.3 Å². The van der Waals surface area contributed by atoms with Gasteiger partial charge in [0.15, 0.2) is 0 Å². The van der Waals surface area contributed by atoms with Crippen LogP contribution in [-0.2, 0) is 0 Å². The van der Waals surface area contributed by atoms with Crippen LogP contribution in [0, 0.1) is 18.2 Å². The molecule has 1 aliphatic rings. The van der Waals surface area contributed by atoms with Crippen LogP contribution in [0.2, 0.25) is 0 Å². The molecule has 1 aliphatic carbocycles. The number of benzene rings is 2. The minimum absolute atomic E-state index is 0.0412. The molecule has 0 unspecified atom stereocenters. The summed E-state index contributed by atoms with van der Waals surface area (Å²) in [6.07, 6.45) is 1.92. The molecular weight excluding hydrogens is 369 g/mol. The predicted molar refractivity (Wildman–Crippen MR) is 113 cm³/mol. The molecule has 154 valence electrons. The highest BCUT2D eigenvalue weighted by Crippen LogP contribution is 2.30. The zero-order chi connectivity index (χ0) is 21.3. The van der Waals surface area contributed by atoms with E-state index in [2.05, 4.69) is 10.6 Å². The average Bonchev–Trinajstić information content (AvgIpc) is 3.45. The fourth-order valence-corrected chi connectivity index (χ4v) is 2.98. The van der Waals surface area contributed by atoms with E-state index in [9.17, 15) is 14.0 Å². The van der Waals surface area contributed by atoms with Crippen molar-refractivity contribution in [2.24, 2.45) is 5.41 Å². The van der Waals surface area contributed by atoms with Crippen LogP contribution >= 0.6 is 0 Å². The summed E-state index contributed by atoms with van der Waals surface area (Å²) in [4.78, 5) is 24.8. The standard InChI is InChI=1S/C23H28FN3O2/c1-13-18(9-15(10-19(13)24)21(28)27-16-6-7-16)14-5-8-17(20(25)11-14)22(29)26-12-23(2,3)4/h5,8-11,16H,6-7,12,25H2,1-4H3,(H,26,29)(H,27,28). The van der Waals surface area contributed by atoms with Gasteiger partial charge in [0.05, 0.1) is 5.56 Å². The van der Waals surface area contributed by atoms with Crippen molar-refractivity contribution in [1.29, 1.82) is 0 Å². The van der Waals surface area contributed by atoms with E-state index in [1.165, 1.54) is 6.07 Å². The van der Waals surface area contributed by atoms with E-state index in [-0.39, 0.29) is 28.8 Å². The molecule has 2 aromatic carbocycles. The number of carbonyl (C=O) groups is 2. The van der Waals surface area contributed by atoms with Crippen LogP contribution in [0.15, 0.2) is 30.3 Å². The molecule has 0 aromatic heterocycles. The van der Waals surface area contributed by atoms with Gasteiger partial charge in [-0.25, -0.2) is 4.39 Å². The number of rotatable bonds is 5. The second-order valence-electron chi connectivity index (χ2n) is 8.92. The Kier molecular flexibility index (Phi) is 5.64. The van der Waals surface area contributed by atoms with Gasteiger partial charge in [0.2, 0.25) is 0 Å². The Balaban J connectivity index is 1.88. The summed E-state index contributed by atoms with van der Waals surface area (Å²) in [7, 11) is 0. The van der Waals surface area contributed by atoms with E-state index < -0.39 is 5.82 Å². The lowest BCUT2D eigenvalue weighted by Gasteiger charge is -2.19. The van der Waals surface area contributed by atoms with Gasteiger partial charge in [0.25, 0.3) is 11.8 Å². The van der Waals surface area contributed by atoms with E-state index in [4.69, 9.17) is 5.73 Å². The first kappa shape index (κ1) is 20.8. The van der Waals surface area contributed by atoms with Gasteiger partial charge in [-0.2, -0.15) is 0 Å². The lowest BCUT2D eigenvalue weighted by Crippen LogP contribution is -2.32. The molecule has 0 radical (unpaired) electrons. The maximum absolute atomic E-state index is 14.5. The smallest absolute Gasteiger partial charge is 0.253 e. The van der Waals surface area contributed by atoms with Crippen molar-refractivity contribution < 1.29 is 14.0 Å². The SMILES string of the molecule is Cc1c(F)cc(C(=O)NC2CC2)cc1-c1ccc(C(=O)NCC(C)(C)C)c(N)c1. The number of halogens is 1. The first-order chi connectivity index (χ1) is 13.5. The third kappa shape index (κ3) is 5.13. The van der Waals surface area contributed by atoms with Gasteiger partial charge >= 0.3 is 0 Å². The molecule has 4 N–H and O–H groups in total. The number of amides is 2. The summed E-state index contributed by atoms with van der Waals surface area (Å²) in [6.45, 7) is 8.28. The van der Waals surface area contributed by atoms with E-state index in [1.807, 2.05) is 20.8 Å². The molecule has 0 heterocycles. The largest absolute Gasteiger partial charge is 0.398 e. The molecule has 0 aliphatic heterocycles. The number of nitrogens with one attached hydrogen (secondary N) is 2. The van der Waals surface area contributed by atoms with Crippen LogP contribution in [0.3, 0.4) is 0 Å². The lowest BCUT2D eigenvalue weighted by molar-refractivity contribution is 0.0936. The van der Waals surface area contributed by atoms with Gasteiger partial charge in [-0.05, 0) is 66.1 Å². The number of hydrogen-bond acceptors (Lipinski definition) is 3. The van der Waals surface area contributed by atoms with Crippen molar-refractivity contribution in [3.05, 3.63) is 52.8 Å². The van der Waals surface area contributed by atoms with E-state index in [0.717, 1.165) is 12.8 Å². The van der Waals surface area contributed by atoms with Crippen molar-refractivity contribution in [1.82, 2.24) is 10.6 Å². The number of nitrogen functional groups attached to an aromatic ring is 1. The molecule has 2 aromatic rings. The maximum Gasteiger partial charge on any atom is 0.253 e. The second-order valence-corrected chi connectivity index (χ2v) is 8.92. The first-order valence-electron chi connectivity index (χ1n) is 9.84. The molecule has 0 atom stereocenters. The van der Waals surface area contributed by atoms with Crippen LogP contribution in [0.5, 0.6) is 0 Å². The first-order valence-corrected chi connectivity index (χ1v) is 9.84. The monoisotopic (exact) mass is 397 g/mol. The number of anilines is 1.